The summed E-state index contributed by atoms with van der Waals surface area (Å²) in [6.07, 6.45) is 0. The molecule has 0 saturated carbocycles. The van der Waals surface area contributed by atoms with Gasteiger partial charge in [0.1, 0.15) is 0 Å². The topological polar surface area (TPSA) is 20.2 Å². The molecule has 20 heavy (non-hydrogen) atoms. The van der Waals surface area contributed by atoms with Crippen molar-refractivity contribution in [1.82, 2.24) is 0 Å². The van der Waals surface area contributed by atoms with Crippen molar-refractivity contribution >= 4 is 0 Å². The maximum Gasteiger partial charge on any atom is 0.0687 e. The van der Waals surface area contributed by atoms with Crippen LogP contribution in [0, 0.1) is 0 Å². The highest BCUT2D eigenvalue weighted by Gasteiger charge is 2.28. The van der Waals surface area contributed by atoms with Gasteiger partial charge in [-0.3, -0.25) is 0 Å². The van der Waals surface area contributed by atoms with Crippen LogP contribution in [0.2, 0.25) is 0 Å². The average Bonchev–Trinajstić information content (AvgIpc) is 2.23. The second kappa shape index (κ2) is 5.18. The molecule has 0 amide bonds. The highest BCUT2D eigenvalue weighted by Crippen LogP contribution is 2.38. The number of benzene rings is 1. The Morgan fingerprint density at radius 3 is 1.25 bits per heavy atom. The van der Waals surface area contributed by atoms with Gasteiger partial charge in [0.25, 0.3) is 0 Å². The van der Waals surface area contributed by atoms with Crippen molar-refractivity contribution in [3.8, 4) is 0 Å². The van der Waals surface area contributed by atoms with Gasteiger partial charge in [-0.1, -0.05) is 74.4 Å². The molecule has 0 aliphatic rings. The van der Waals surface area contributed by atoms with Gasteiger partial charge in [-0.2, -0.15) is 0 Å². The van der Waals surface area contributed by atoms with E-state index in [2.05, 4.69) is 74.4 Å². The minimum Gasteiger partial charge on any atom is -0.392 e. The van der Waals surface area contributed by atoms with Gasteiger partial charge in [-0.25, -0.2) is 0 Å². The van der Waals surface area contributed by atoms with Crippen molar-refractivity contribution in [3.63, 3.8) is 0 Å². The third kappa shape index (κ3) is 3.63. The molecule has 0 bridgehead atoms. The summed E-state index contributed by atoms with van der Waals surface area (Å²) in [6.45, 7) is 20.2. The highest BCUT2D eigenvalue weighted by atomic mass is 16.3. The number of hydrogen-bond donors (Lipinski definition) is 1. The fourth-order valence-corrected chi connectivity index (χ4v) is 2.61. The summed E-state index contributed by atoms with van der Waals surface area (Å²) >= 11 is 0. The molecule has 1 rings (SSSR count). The van der Waals surface area contributed by atoms with Gasteiger partial charge in [0, 0.05) is 0 Å². The first-order valence-corrected chi connectivity index (χ1v) is 7.57. The van der Waals surface area contributed by atoms with Crippen LogP contribution in [0.3, 0.4) is 0 Å². The zero-order valence-electron chi connectivity index (χ0n) is 14.8. The fraction of sp³-hybridized carbons (Fsp3) is 0.684. The van der Waals surface area contributed by atoms with E-state index in [1.807, 2.05) is 0 Å². The van der Waals surface area contributed by atoms with E-state index in [0.29, 0.717) is 0 Å². The van der Waals surface area contributed by atoms with Crippen LogP contribution in [-0.4, -0.2) is 5.11 Å². The van der Waals surface area contributed by atoms with Crippen molar-refractivity contribution in [2.45, 2.75) is 85.2 Å². The maximum absolute atomic E-state index is 9.92. The quantitative estimate of drug-likeness (QED) is 0.759. The van der Waals surface area contributed by atoms with Crippen molar-refractivity contribution in [2.75, 3.05) is 0 Å². The molecular weight excluding hydrogens is 244 g/mol. The lowest BCUT2D eigenvalue weighted by Crippen LogP contribution is -2.24. The summed E-state index contributed by atoms with van der Waals surface area (Å²) in [4.78, 5) is 0. The molecule has 114 valence electrons. The number of rotatable bonds is 1. The van der Waals surface area contributed by atoms with Gasteiger partial charge >= 0.3 is 0 Å². The monoisotopic (exact) mass is 276 g/mol. The van der Waals surface area contributed by atoms with E-state index in [9.17, 15) is 5.11 Å². The predicted molar refractivity (Wildman–Crippen MR) is 88.5 cm³/mol. The molecule has 0 spiro atoms. The maximum atomic E-state index is 9.92. The number of aliphatic hydroxyl groups excluding tert-OH is 1. The van der Waals surface area contributed by atoms with Crippen LogP contribution in [0.25, 0.3) is 0 Å². The van der Waals surface area contributed by atoms with Crippen LogP contribution in [0.4, 0.5) is 0 Å². The summed E-state index contributed by atoms with van der Waals surface area (Å²) in [6, 6.07) is 4.58. The van der Waals surface area contributed by atoms with E-state index in [4.69, 9.17) is 0 Å². The molecule has 0 saturated heterocycles. The van der Waals surface area contributed by atoms with Crippen LogP contribution in [-0.2, 0) is 22.9 Å². The Morgan fingerprint density at radius 2 is 1.05 bits per heavy atom. The summed E-state index contributed by atoms with van der Waals surface area (Å²) < 4.78 is 0. The molecule has 0 atom stereocenters. The molecule has 0 aromatic heterocycles. The van der Waals surface area contributed by atoms with E-state index in [1.165, 1.54) is 16.7 Å². The molecule has 0 heterocycles. The summed E-state index contributed by atoms with van der Waals surface area (Å²) in [7, 11) is 0. The molecular formula is C19H32O. The summed E-state index contributed by atoms with van der Waals surface area (Å²) in [5.74, 6) is 0. The second-order valence-corrected chi connectivity index (χ2v) is 8.96. The first-order chi connectivity index (χ1) is 8.78. The van der Waals surface area contributed by atoms with Gasteiger partial charge in [0.2, 0.25) is 0 Å². The highest BCUT2D eigenvalue weighted by molar-refractivity contribution is 5.47. The van der Waals surface area contributed by atoms with Crippen molar-refractivity contribution in [2.24, 2.45) is 0 Å². The predicted octanol–water partition coefficient (Wildman–Crippen LogP) is 5.07. The molecule has 0 radical (unpaired) electrons. The zero-order chi connectivity index (χ0) is 15.9. The van der Waals surface area contributed by atoms with E-state index < -0.39 is 0 Å². The van der Waals surface area contributed by atoms with Crippen LogP contribution < -0.4 is 0 Å². The van der Waals surface area contributed by atoms with Gasteiger partial charge in [-0.15, -0.1) is 0 Å². The molecule has 0 fully saturated rings. The van der Waals surface area contributed by atoms with Gasteiger partial charge in [-0.05, 0) is 38.5 Å². The SMILES string of the molecule is CC(C)(C)c1cc(C(C)(C)C)c(CO)c(C(C)(C)C)c1. The standard InChI is InChI=1S/C19H32O/c1-17(2,3)13-10-15(18(4,5)6)14(12-20)16(11-13)19(7,8)9/h10-11,20H,12H2,1-9H3. The second-order valence-electron chi connectivity index (χ2n) is 8.96. The largest absolute Gasteiger partial charge is 0.392 e. The van der Waals surface area contributed by atoms with Crippen molar-refractivity contribution in [1.29, 1.82) is 0 Å². The molecule has 1 aromatic rings. The Balaban J connectivity index is 3.75. The van der Waals surface area contributed by atoms with Gasteiger partial charge in [0.05, 0.1) is 6.61 Å². The third-order valence-corrected chi connectivity index (χ3v) is 3.89. The van der Waals surface area contributed by atoms with Gasteiger partial charge in [0.15, 0.2) is 0 Å². The Kier molecular flexibility index (Phi) is 4.46. The van der Waals surface area contributed by atoms with Crippen LogP contribution in [0.5, 0.6) is 0 Å². The fourth-order valence-electron chi connectivity index (χ4n) is 2.61. The van der Waals surface area contributed by atoms with Crippen molar-refractivity contribution < 1.29 is 5.11 Å². The first-order valence-electron chi connectivity index (χ1n) is 7.57. The van der Waals surface area contributed by atoms with Crippen LogP contribution in [0.1, 0.15) is 84.6 Å². The Bertz CT molecular complexity index is 441. The molecule has 0 unspecified atom stereocenters. The molecule has 0 aliphatic carbocycles. The number of aliphatic hydroxyl groups is 1. The smallest absolute Gasteiger partial charge is 0.0687 e. The Morgan fingerprint density at radius 1 is 0.700 bits per heavy atom. The Hall–Kier alpha value is -0.820. The van der Waals surface area contributed by atoms with Crippen molar-refractivity contribution in [3.05, 3.63) is 34.4 Å². The van der Waals surface area contributed by atoms with E-state index in [-0.39, 0.29) is 22.9 Å². The zero-order valence-corrected chi connectivity index (χ0v) is 14.8. The third-order valence-electron chi connectivity index (χ3n) is 3.89. The molecule has 1 nitrogen and oxygen atoms in total. The lowest BCUT2D eigenvalue weighted by molar-refractivity contribution is 0.275. The van der Waals surface area contributed by atoms with Crippen LogP contribution in [0.15, 0.2) is 12.1 Å². The van der Waals surface area contributed by atoms with E-state index >= 15 is 0 Å². The average molecular weight is 276 g/mol. The lowest BCUT2D eigenvalue weighted by atomic mass is 9.72. The lowest BCUT2D eigenvalue weighted by Gasteiger charge is -2.33. The Labute approximate surface area is 125 Å². The summed E-state index contributed by atoms with van der Waals surface area (Å²) in [5, 5.41) is 9.92. The van der Waals surface area contributed by atoms with E-state index in [0.717, 1.165) is 5.56 Å². The van der Waals surface area contributed by atoms with Gasteiger partial charge < -0.3 is 5.11 Å². The van der Waals surface area contributed by atoms with E-state index in [1.54, 1.807) is 0 Å². The molecule has 0 aliphatic heterocycles. The minimum atomic E-state index is 0.0410. The molecule has 1 heteroatoms. The normalized spacial score (nSPS) is 13.7. The van der Waals surface area contributed by atoms with Crippen LogP contribution >= 0.6 is 0 Å². The minimum absolute atomic E-state index is 0.0410. The summed E-state index contributed by atoms with van der Waals surface area (Å²) in [5.41, 5.74) is 5.21. The molecule has 1 N–H and O–H groups in total. The molecule has 1 aromatic carbocycles. The number of hydrogen-bond acceptors (Lipinski definition) is 1. The first kappa shape index (κ1) is 17.2.